The van der Waals surface area contributed by atoms with Crippen molar-refractivity contribution < 1.29 is 4.57 Å². The van der Waals surface area contributed by atoms with Gasteiger partial charge in [-0.25, -0.2) is 4.98 Å². The van der Waals surface area contributed by atoms with Crippen molar-refractivity contribution in [3.05, 3.63) is 182 Å². The fourth-order valence-electron chi connectivity index (χ4n) is 8.96. The fraction of sp³-hybridized carbons (Fsp3) is 0. The largest absolute Gasteiger partial charge is 0.309 e. The van der Waals surface area contributed by atoms with Crippen molar-refractivity contribution >= 4 is 83.0 Å². The van der Waals surface area contributed by atoms with Crippen LogP contribution in [0.5, 0.6) is 0 Å². The lowest BCUT2D eigenvalue weighted by Crippen LogP contribution is -2.20. The van der Waals surface area contributed by atoms with E-state index in [4.69, 9.17) is 4.98 Å². The Morgan fingerprint density at radius 2 is 1.09 bits per heavy atom. The van der Waals surface area contributed by atoms with Crippen LogP contribution in [0.4, 0.5) is 0 Å². The van der Waals surface area contributed by atoms with Gasteiger partial charge >= 0.3 is 0 Å². The molecule has 0 bridgehead atoms. The molecular formula is C50H30N3OP. The number of hydrogen-bond acceptors (Lipinski definition) is 3. The second-order valence-corrected chi connectivity index (χ2v) is 17.3. The molecule has 5 heteroatoms. The van der Waals surface area contributed by atoms with Crippen molar-refractivity contribution in [3.63, 3.8) is 0 Å². The number of hydrogen-bond donors (Lipinski definition) is 0. The Morgan fingerprint density at radius 3 is 1.87 bits per heavy atom. The Kier molecular flexibility index (Phi) is 6.29. The highest BCUT2D eigenvalue weighted by atomic mass is 31.2. The molecule has 1 aliphatic rings. The monoisotopic (exact) mass is 719 g/mol. The van der Waals surface area contributed by atoms with Crippen LogP contribution in [0.1, 0.15) is 0 Å². The molecule has 55 heavy (non-hydrogen) atoms. The summed E-state index contributed by atoms with van der Waals surface area (Å²) < 4.78 is 17.5. The van der Waals surface area contributed by atoms with Gasteiger partial charge in [0, 0.05) is 44.6 Å². The SMILES string of the molecule is O=P1(c2ccc3cc(-c4ccc5c(c4)c4cc6ccccc6cc4c4nc6ccc(-c7cccnc7)cc6n54)ccc3c2)c2ccccc2-c2ccccc21. The highest BCUT2D eigenvalue weighted by molar-refractivity contribution is 7.86. The van der Waals surface area contributed by atoms with E-state index in [2.05, 4.69) is 137 Å². The third-order valence-corrected chi connectivity index (χ3v) is 14.7. The Bertz CT molecular complexity index is 3430. The number of benzene rings is 8. The van der Waals surface area contributed by atoms with Gasteiger partial charge in [-0.1, -0.05) is 115 Å². The van der Waals surface area contributed by atoms with Crippen molar-refractivity contribution in [2.75, 3.05) is 0 Å². The number of nitrogens with zero attached hydrogens (tertiary/aromatic N) is 3. The zero-order chi connectivity index (χ0) is 36.3. The number of aromatic nitrogens is 3. The molecule has 0 unspecified atom stereocenters. The van der Waals surface area contributed by atoms with Crippen LogP contribution >= 0.6 is 7.14 Å². The van der Waals surface area contributed by atoms with Crippen LogP contribution in [0.3, 0.4) is 0 Å². The van der Waals surface area contributed by atoms with E-state index >= 15 is 4.57 Å². The summed E-state index contributed by atoms with van der Waals surface area (Å²) in [4.78, 5) is 9.62. The quantitative estimate of drug-likeness (QED) is 0.104. The van der Waals surface area contributed by atoms with Gasteiger partial charge in [0.1, 0.15) is 5.65 Å². The first-order valence-corrected chi connectivity index (χ1v) is 20.3. The summed E-state index contributed by atoms with van der Waals surface area (Å²) in [5.41, 5.74) is 10.7. The van der Waals surface area contributed by atoms with Crippen molar-refractivity contribution in [1.82, 2.24) is 14.4 Å². The summed E-state index contributed by atoms with van der Waals surface area (Å²) in [7, 11) is -3.01. The predicted octanol–water partition coefficient (Wildman–Crippen LogP) is 11.4. The standard InChI is InChI=1S/C50H30N3OP/c54-55(48-13-5-3-11-40(48)41-12-4-6-14-49(41)55)39-20-17-34-24-33(15-16-35(34)25-39)36-19-22-46-43(27-36)42-26-31-8-1-2-9-32(31)28-44(42)50-52-45-21-18-37(29-47(45)53(46)50)38-10-7-23-51-30-38/h1-30H. The van der Waals surface area contributed by atoms with Gasteiger partial charge in [-0.2, -0.15) is 0 Å². The highest BCUT2D eigenvalue weighted by Gasteiger charge is 2.39. The molecular weight excluding hydrogens is 690 g/mol. The van der Waals surface area contributed by atoms with Crippen molar-refractivity contribution in [2.24, 2.45) is 0 Å². The van der Waals surface area contributed by atoms with Crippen LogP contribution in [-0.4, -0.2) is 14.4 Å². The lowest BCUT2D eigenvalue weighted by atomic mass is 9.96. The van der Waals surface area contributed by atoms with Crippen LogP contribution in [0.25, 0.3) is 93.3 Å². The van der Waals surface area contributed by atoms with Crippen molar-refractivity contribution in [3.8, 4) is 33.4 Å². The summed E-state index contributed by atoms with van der Waals surface area (Å²) in [6.07, 6.45) is 3.72. The molecule has 12 rings (SSSR count). The normalized spacial score (nSPS) is 13.3. The van der Waals surface area contributed by atoms with E-state index in [1.165, 1.54) is 21.5 Å². The zero-order valence-electron chi connectivity index (χ0n) is 29.5. The zero-order valence-corrected chi connectivity index (χ0v) is 30.4. The van der Waals surface area contributed by atoms with E-state index in [0.717, 1.165) is 87.7 Å². The van der Waals surface area contributed by atoms with Crippen LogP contribution in [0.2, 0.25) is 0 Å². The van der Waals surface area contributed by atoms with Crippen LogP contribution in [0, 0.1) is 0 Å². The molecule has 0 saturated carbocycles. The van der Waals surface area contributed by atoms with Crippen LogP contribution in [0.15, 0.2) is 182 Å². The number of fused-ring (bicyclic) bond motifs is 13. The van der Waals surface area contributed by atoms with Gasteiger partial charge in [-0.05, 0) is 109 Å². The van der Waals surface area contributed by atoms with E-state index in [1.54, 1.807) is 0 Å². The summed E-state index contributed by atoms with van der Waals surface area (Å²) in [5.74, 6) is 0. The van der Waals surface area contributed by atoms with Gasteiger partial charge in [0.15, 0.2) is 7.14 Å². The summed E-state index contributed by atoms with van der Waals surface area (Å²) in [6.45, 7) is 0. The average molecular weight is 720 g/mol. The van der Waals surface area contributed by atoms with E-state index < -0.39 is 7.14 Å². The van der Waals surface area contributed by atoms with Crippen LogP contribution < -0.4 is 15.9 Å². The summed E-state index contributed by atoms with van der Waals surface area (Å²) in [6, 6.07) is 59.9. The van der Waals surface area contributed by atoms with E-state index in [-0.39, 0.29) is 0 Å². The van der Waals surface area contributed by atoms with Gasteiger partial charge in [-0.15, -0.1) is 0 Å². The molecule has 0 aliphatic carbocycles. The average Bonchev–Trinajstić information content (AvgIpc) is 3.76. The molecule has 4 heterocycles. The first kappa shape index (κ1) is 30.6. The molecule has 0 atom stereocenters. The first-order valence-electron chi connectivity index (χ1n) is 18.6. The minimum Gasteiger partial charge on any atom is -0.309 e. The predicted molar refractivity (Wildman–Crippen MR) is 230 cm³/mol. The van der Waals surface area contributed by atoms with E-state index in [9.17, 15) is 0 Å². The lowest BCUT2D eigenvalue weighted by molar-refractivity contribution is 0.593. The molecule has 256 valence electrons. The maximum absolute atomic E-state index is 15.1. The third-order valence-electron chi connectivity index (χ3n) is 11.6. The molecule has 1 aliphatic heterocycles. The minimum absolute atomic E-state index is 0.873. The molecule has 4 nitrogen and oxygen atoms in total. The first-order chi connectivity index (χ1) is 27.1. The molecule has 0 spiro atoms. The van der Waals surface area contributed by atoms with Gasteiger partial charge in [0.25, 0.3) is 0 Å². The molecule has 11 aromatic rings. The topological polar surface area (TPSA) is 47.3 Å². The summed E-state index contributed by atoms with van der Waals surface area (Å²) >= 11 is 0. The Morgan fingerprint density at radius 1 is 0.455 bits per heavy atom. The fourth-order valence-corrected chi connectivity index (χ4v) is 12.0. The molecule has 8 aromatic carbocycles. The minimum atomic E-state index is -3.01. The van der Waals surface area contributed by atoms with Crippen molar-refractivity contribution in [1.29, 1.82) is 0 Å². The molecule has 0 fully saturated rings. The number of rotatable bonds is 3. The van der Waals surface area contributed by atoms with E-state index in [0.29, 0.717) is 0 Å². The Balaban J connectivity index is 1.05. The van der Waals surface area contributed by atoms with Crippen LogP contribution in [-0.2, 0) is 4.57 Å². The Hall–Kier alpha value is -6.87. The second kappa shape index (κ2) is 11.3. The smallest absolute Gasteiger partial charge is 0.172 e. The maximum Gasteiger partial charge on any atom is 0.172 e. The molecule has 0 saturated heterocycles. The van der Waals surface area contributed by atoms with Gasteiger partial charge < -0.3 is 4.57 Å². The summed E-state index contributed by atoms with van der Waals surface area (Å²) in [5, 5.41) is 10.8. The molecule has 0 radical (unpaired) electrons. The third kappa shape index (κ3) is 4.37. The maximum atomic E-state index is 15.1. The number of pyridine rings is 2. The molecule has 0 amide bonds. The molecule has 0 N–H and O–H groups in total. The van der Waals surface area contributed by atoms with Gasteiger partial charge in [-0.3, -0.25) is 9.38 Å². The van der Waals surface area contributed by atoms with Gasteiger partial charge in [0.05, 0.1) is 16.6 Å². The number of imidazole rings is 1. The Labute approximate surface area is 316 Å². The molecule has 3 aromatic heterocycles. The second-order valence-electron chi connectivity index (χ2n) is 14.6. The van der Waals surface area contributed by atoms with E-state index in [1.807, 2.05) is 54.9 Å². The lowest BCUT2D eigenvalue weighted by Gasteiger charge is -2.17. The highest BCUT2D eigenvalue weighted by Crippen LogP contribution is 2.52. The van der Waals surface area contributed by atoms with Gasteiger partial charge in [0.2, 0.25) is 0 Å². The van der Waals surface area contributed by atoms with Crippen molar-refractivity contribution in [2.45, 2.75) is 0 Å².